The maximum absolute atomic E-state index is 13.0. The second-order valence-corrected chi connectivity index (χ2v) is 7.29. The van der Waals surface area contributed by atoms with Crippen LogP contribution < -0.4 is 0 Å². The molecule has 0 spiro atoms. The number of alkyl halides is 3. The quantitative estimate of drug-likeness (QED) is 0.331. The number of rotatable bonds is 4. The summed E-state index contributed by atoms with van der Waals surface area (Å²) in [5.74, 6) is -2.30. The van der Waals surface area contributed by atoms with Crippen LogP contribution in [0.15, 0.2) is 24.3 Å². The maximum atomic E-state index is 13.0. The Labute approximate surface area is 164 Å². The third-order valence-corrected chi connectivity index (χ3v) is 5.73. The van der Waals surface area contributed by atoms with Crippen molar-refractivity contribution < 1.29 is 27.9 Å². The average molecular weight is 444 g/mol. The van der Waals surface area contributed by atoms with Gasteiger partial charge in [0.25, 0.3) is 0 Å². The van der Waals surface area contributed by atoms with Gasteiger partial charge in [0.1, 0.15) is 4.88 Å². The third kappa shape index (κ3) is 4.40. The van der Waals surface area contributed by atoms with Crippen molar-refractivity contribution in [3.05, 3.63) is 60.2 Å². The number of benzene rings is 1. The van der Waals surface area contributed by atoms with E-state index in [1.165, 1.54) is 19.1 Å². The Morgan fingerprint density at radius 3 is 2.27 bits per heavy atom. The van der Waals surface area contributed by atoms with Crippen LogP contribution in [0.3, 0.4) is 0 Å². The van der Waals surface area contributed by atoms with Gasteiger partial charge in [0, 0.05) is 17.2 Å². The van der Waals surface area contributed by atoms with Gasteiger partial charge in [0.2, 0.25) is 5.78 Å². The normalized spacial score (nSPS) is 12.3. The summed E-state index contributed by atoms with van der Waals surface area (Å²) in [6.07, 6.45) is -5.02. The van der Waals surface area contributed by atoms with Crippen LogP contribution in [-0.4, -0.2) is 23.0 Å². The topological polar surface area (TPSA) is 54.4 Å². The summed E-state index contributed by atoms with van der Waals surface area (Å²) in [6, 6.07) is 3.57. The number of aromatic carboxylic acids is 1. The summed E-state index contributed by atoms with van der Waals surface area (Å²) >= 11 is 18.2. The van der Waals surface area contributed by atoms with Gasteiger partial charge >= 0.3 is 12.1 Å². The van der Waals surface area contributed by atoms with Crippen molar-refractivity contribution in [1.29, 1.82) is 0 Å². The Balaban J connectivity index is 2.66. The van der Waals surface area contributed by atoms with Gasteiger partial charge in [-0.3, -0.25) is 4.79 Å². The highest BCUT2D eigenvalue weighted by atomic mass is 35.5. The predicted octanol–water partition coefficient (Wildman–Crippen LogP) is 6.54. The number of aryl methyl sites for hydroxylation is 1. The van der Waals surface area contributed by atoms with Crippen LogP contribution in [-0.2, 0) is 0 Å². The lowest BCUT2D eigenvalue weighted by Gasteiger charge is -2.11. The first-order valence-corrected chi connectivity index (χ1v) is 8.69. The standard InChI is InChI=1S/C16H8Cl3F3O3S/c1-6-4-10(26-14(6)15(24)25)13(23)8(5-16(20,21)22)7-2-3-9(17)12(19)11(7)18/h2-5H,1H3,(H,24,25)/b8-5+. The maximum Gasteiger partial charge on any atom is 0.410 e. The summed E-state index contributed by atoms with van der Waals surface area (Å²) in [6.45, 7) is 1.44. The Hall–Kier alpha value is -1.54. The van der Waals surface area contributed by atoms with Crippen LogP contribution in [0, 0.1) is 6.92 Å². The number of allylic oxidation sites excluding steroid dienone is 2. The van der Waals surface area contributed by atoms with E-state index in [4.69, 9.17) is 39.9 Å². The molecule has 1 aromatic heterocycles. The molecule has 2 rings (SSSR count). The van der Waals surface area contributed by atoms with E-state index in [1.54, 1.807) is 0 Å². The second kappa shape index (κ2) is 7.60. The summed E-state index contributed by atoms with van der Waals surface area (Å²) < 4.78 is 38.9. The molecule has 138 valence electrons. The van der Waals surface area contributed by atoms with E-state index < -0.39 is 23.5 Å². The van der Waals surface area contributed by atoms with Crippen molar-refractivity contribution in [2.75, 3.05) is 0 Å². The van der Waals surface area contributed by atoms with Crippen molar-refractivity contribution in [3.63, 3.8) is 0 Å². The summed E-state index contributed by atoms with van der Waals surface area (Å²) in [5.41, 5.74) is -0.761. The zero-order valence-corrected chi connectivity index (χ0v) is 15.8. The van der Waals surface area contributed by atoms with Gasteiger partial charge in [-0.1, -0.05) is 40.9 Å². The van der Waals surface area contributed by atoms with Crippen LogP contribution in [0.4, 0.5) is 13.2 Å². The first kappa shape index (κ1) is 20.8. The number of carboxylic acids is 1. The molecule has 1 heterocycles. The SMILES string of the molecule is Cc1cc(C(=O)/C(=C/C(F)(F)F)c2ccc(Cl)c(Cl)c2Cl)sc1C(=O)O. The van der Waals surface area contributed by atoms with Gasteiger partial charge in [-0.2, -0.15) is 13.2 Å². The molecule has 0 aliphatic carbocycles. The lowest BCUT2D eigenvalue weighted by atomic mass is 9.99. The molecule has 0 fully saturated rings. The van der Waals surface area contributed by atoms with Crippen LogP contribution >= 0.6 is 46.1 Å². The van der Waals surface area contributed by atoms with Crippen LogP contribution in [0.5, 0.6) is 0 Å². The van der Waals surface area contributed by atoms with Crippen molar-refractivity contribution in [2.24, 2.45) is 0 Å². The van der Waals surface area contributed by atoms with E-state index in [0.29, 0.717) is 11.3 Å². The molecule has 3 nitrogen and oxygen atoms in total. The van der Waals surface area contributed by atoms with E-state index in [9.17, 15) is 22.8 Å². The molecule has 26 heavy (non-hydrogen) atoms. The minimum atomic E-state index is -4.82. The summed E-state index contributed by atoms with van der Waals surface area (Å²) in [4.78, 5) is 23.5. The minimum Gasteiger partial charge on any atom is -0.477 e. The van der Waals surface area contributed by atoms with Gasteiger partial charge in [-0.05, 0) is 24.6 Å². The lowest BCUT2D eigenvalue weighted by molar-refractivity contribution is -0.0793. The van der Waals surface area contributed by atoms with Crippen LogP contribution in [0.2, 0.25) is 15.1 Å². The molecule has 0 atom stereocenters. The van der Waals surface area contributed by atoms with Gasteiger partial charge in [-0.25, -0.2) is 4.79 Å². The first-order chi connectivity index (χ1) is 11.9. The van der Waals surface area contributed by atoms with Crippen molar-refractivity contribution in [3.8, 4) is 0 Å². The third-order valence-electron chi connectivity index (χ3n) is 3.21. The Kier molecular flexibility index (Phi) is 6.07. The molecule has 0 radical (unpaired) electrons. The number of thiophene rings is 1. The molecule has 2 aromatic rings. The van der Waals surface area contributed by atoms with Crippen LogP contribution in [0.25, 0.3) is 5.57 Å². The van der Waals surface area contributed by atoms with Gasteiger partial charge in [-0.15, -0.1) is 11.3 Å². The Morgan fingerprint density at radius 2 is 1.77 bits per heavy atom. The highest BCUT2D eigenvalue weighted by Crippen LogP contribution is 2.39. The van der Waals surface area contributed by atoms with Gasteiger partial charge < -0.3 is 5.11 Å². The highest BCUT2D eigenvalue weighted by Gasteiger charge is 2.30. The average Bonchev–Trinajstić information content (AvgIpc) is 2.91. The highest BCUT2D eigenvalue weighted by molar-refractivity contribution is 7.16. The molecule has 0 aliphatic rings. The van der Waals surface area contributed by atoms with E-state index in [-0.39, 0.29) is 42.0 Å². The van der Waals surface area contributed by atoms with E-state index in [1.807, 2.05) is 0 Å². The minimum absolute atomic E-state index is 0.0133. The zero-order valence-electron chi connectivity index (χ0n) is 12.7. The van der Waals surface area contributed by atoms with Crippen molar-refractivity contribution in [2.45, 2.75) is 13.1 Å². The fourth-order valence-electron chi connectivity index (χ4n) is 2.10. The first-order valence-electron chi connectivity index (χ1n) is 6.74. The van der Waals surface area contributed by atoms with Crippen LogP contribution in [0.1, 0.15) is 30.5 Å². The summed E-state index contributed by atoms with van der Waals surface area (Å²) in [7, 11) is 0. The number of ketones is 1. The fraction of sp³-hybridized carbons (Fsp3) is 0.125. The molecule has 1 N–H and O–H groups in total. The molecule has 1 aromatic carbocycles. The van der Waals surface area contributed by atoms with Gasteiger partial charge in [0.15, 0.2) is 0 Å². The lowest BCUT2D eigenvalue weighted by Crippen LogP contribution is -2.09. The fourth-order valence-corrected chi connectivity index (χ4v) is 3.70. The molecule has 0 amide bonds. The number of carbonyl (C=O) groups is 2. The molecule has 0 saturated heterocycles. The molecular formula is C16H8Cl3F3O3S. The monoisotopic (exact) mass is 442 g/mol. The number of carboxylic acid groups (broad SMARTS) is 1. The number of hydrogen-bond donors (Lipinski definition) is 1. The smallest absolute Gasteiger partial charge is 0.410 e. The Morgan fingerprint density at radius 1 is 1.15 bits per heavy atom. The number of hydrogen-bond acceptors (Lipinski definition) is 3. The predicted molar refractivity (Wildman–Crippen MR) is 95.8 cm³/mol. The molecule has 10 heteroatoms. The largest absolute Gasteiger partial charge is 0.477 e. The number of Topliss-reactive ketones (excluding diaryl/α,β-unsaturated/α-hetero) is 1. The molecule has 0 bridgehead atoms. The van der Waals surface area contributed by atoms with E-state index in [2.05, 4.69) is 0 Å². The molecular weight excluding hydrogens is 436 g/mol. The zero-order chi connectivity index (χ0) is 19.8. The van der Waals surface area contributed by atoms with Gasteiger partial charge in [0.05, 0.1) is 19.9 Å². The van der Waals surface area contributed by atoms with Crippen molar-refractivity contribution >= 4 is 63.5 Å². The number of halogens is 6. The molecule has 0 saturated carbocycles. The molecule has 0 unspecified atom stereocenters. The molecule has 0 aliphatic heterocycles. The van der Waals surface area contributed by atoms with Crippen molar-refractivity contribution in [1.82, 2.24) is 0 Å². The summed E-state index contributed by atoms with van der Waals surface area (Å²) in [5, 5.41) is 8.57. The van der Waals surface area contributed by atoms with E-state index >= 15 is 0 Å². The van der Waals surface area contributed by atoms with E-state index in [0.717, 1.165) is 6.07 Å². The second-order valence-electron chi connectivity index (χ2n) is 5.08. The Bertz CT molecular complexity index is 933. The number of carbonyl (C=O) groups excluding carboxylic acids is 1.